The molecule has 3 N–H and O–H groups in total. The summed E-state index contributed by atoms with van der Waals surface area (Å²) in [4.78, 5) is 0. The summed E-state index contributed by atoms with van der Waals surface area (Å²) in [6.07, 6.45) is 0. The van der Waals surface area contributed by atoms with Gasteiger partial charge < -0.3 is 15.1 Å². The van der Waals surface area contributed by atoms with Crippen LogP contribution in [0.2, 0.25) is 0 Å². The van der Waals surface area contributed by atoms with Gasteiger partial charge in [0.15, 0.2) is 0 Å². The normalized spacial score (nSPS) is 9.25. The van der Waals surface area contributed by atoms with Crippen LogP contribution in [0.25, 0.3) is 0 Å². The first-order chi connectivity index (χ1) is 5.15. The number of halogens is 4. The minimum atomic E-state index is -6.12. The molecule has 12 heavy (non-hydrogen) atoms. The summed E-state index contributed by atoms with van der Waals surface area (Å²) < 4.78 is 39.1. The fraction of sp³-hybridized carbons (Fsp3) is 0.500. The molecule has 0 amide bonds. The minimum absolute atomic E-state index is 1.43. The number of hydrogen-bond donors (Lipinski definition) is 3. The average molecular weight is 242 g/mol. The number of rotatable bonds is 0. The molecule has 0 radical (unpaired) electrons. The Hall–Kier alpha value is -0.326. The maximum absolute atomic E-state index is 9.77. The van der Waals surface area contributed by atoms with Crippen LogP contribution in [0.15, 0.2) is 0 Å². The van der Waals surface area contributed by atoms with Gasteiger partial charge in [0, 0.05) is 6.92 Å². The zero-order valence-corrected chi connectivity index (χ0v) is 6.62. The van der Waals surface area contributed by atoms with Gasteiger partial charge in [0.25, 0.3) is 0 Å². The number of nitrogens with zero attached hydrogens (tertiary/aromatic N) is 1. The van der Waals surface area contributed by atoms with Crippen molar-refractivity contribution in [1.82, 2.24) is 0 Å². The van der Waals surface area contributed by atoms with Crippen LogP contribution in [0.1, 0.15) is 6.92 Å². The molecule has 10 heteroatoms. The molecule has 0 bridgehead atoms. The second-order valence-corrected chi connectivity index (χ2v) is 1.64. The van der Waals surface area contributed by atoms with E-state index in [1.807, 2.05) is 0 Å². The third-order valence-corrected chi connectivity index (χ3v) is 0. The topological polar surface area (TPSA) is 84.5 Å². The van der Waals surface area contributed by atoms with Crippen molar-refractivity contribution in [2.45, 2.75) is 6.92 Å². The monoisotopic (exact) mass is 242 g/mol. The third kappa shape index (κ3) is 6870. The first kappa shape index (κ1) is 17.7. The second kappa shape index (κ2) is 10.7. The van der Waals surface area contributed by atoms with E-state index in [0.717, 1.165) is 0 Å². The average Bonchev–Trinajstić information content (AvgIpc) is 1.56. The van der Waals surface area contributed by atoms with Gasteiger partial charge in [0.2, 0.25) is 0 Å². The maximum atomic E-state index is 9.77. The molecule has 0 fully saturated rings. The first-order valence-electron chi connectivity index (χ1n) is 1.95. The van der Waals surface area contributed by atoms with Gasteiger partial charge in [-0.15, -0.1) is 0 Å². The van der Waals surface area contributed by atoms with Gasteiger partial charge in [0.1, 0.15) is 0 Å². The van der Waals surface area contributed by atoms with E-state index in [9.17, 15) is 14.2 Å². The third-order valence-electron chi connectivity index (χ3n) is 0. The first-order valence-corrected chi connectivity index (χ1v) is 3.38. The number of hydrogen-bond acceptors (Lipinski definition) is 4. The van der Waals surface area contributed by atoms with E-state index >= 15 is 0 Å². The molecule has 0 aromatic rings. The summed E-state index contributed by atoms with van der Waals surface area (Å²) in [6.45, 7) is 1.43. The Morgan fingerprint density at radius 2 is 1.17 bits per heavy atom. The summed E-state index contributed by atoms with van der Waals surface area (Å²) in [5.74, 6) is 0. The Morgan fingerprint density at radius 1 is 1.17 bits per heavy atom. The Labute approximate surface area is 70.3 Å². The molecule has 0 saturated carbocycles. The molecule has 0 aliphatic rings. The van der Waals surface area contributed by atoms with Gasteiger partial charge in [-0.05, 0) is 0 Å². The fourth-order valence-corrected chi connectivity index (χ4v) is 0. The van der Waals surface area contributed by atoms with E-state index in [4.69, 9.17) is 20.3 Å². The molecule has 0 rings (SSSR count). The Kier molecular flexibility index (Phi) is 15.7. The van der Waals surface area contributed by atoms with Crippen molar-refractivity contribution < 1.29 is 43.9 Å². The summed E-state index contributed by atoms with van der Waals surface area (Å²) in [5.41, 5.74) is 0. The van der Waals surface area contributed by atoms with Gasteiger partial charge in [0.05, 0.1) is 6.07 Å². The molecule has 0 spiro atoms. The van der Waals surface area contributed by atoms with Gasteiger partial charge in [-0.3, -0.25) is 0 Å². The quantitative estimate of drug-likeness (QED) is 0.417. The van der Waals surface area contributed by atoms with Crippen molar-refractivity contribution in [3.05, 3.63) is 0 Å². The molecular weight excluding hydrogens is 236 g/mol. The Bertz CT molecular complexity index is 116. The summed E-state index contributed by atoms with van der Waals surface area (Å²) >= 11 is -6.12. The zero-order chi connectivity index (χ0) is 10.8. The van der Waals surface area contributed by atoms with Crippen molar-refractivity contribution >= 4 is 7.32 Å². The van der Waals surface area contributed by atoms with Crippen molar-refractivity contribution in [3.63, 3.8) is 0 Å². The van der Waals surface area contributed by atoms with Crippen LogP contribution in [0.5, 0.6) is 0 Å². The standard InChI is InChI=1S/C2H3N.BH3O3.Cu.4FH/c1-2-3;2-1(3)4;;;;;/h1H3;2-4H;;4*1H/q;;+4;;;;/p-4. The van der Waals surface area contributed by atoms with Crippen LogP contribution in [-0.4, -0.2) is 22.4 Å². The predicted octanol–water partition coefficient (Wildman–Crippen LogP) is 0.156. The van der Waals surface area contributed by atoms with E-state index < -0.39 is 22.0 Å². The predicted molar refractivity (Wildman–Crippen MR) is 28.1 cm³/mol. The van der Waals surface area contributed by atoms with E-state index in [1.54, 1.807) is 6.07 Å². The van der Waals surface area contributed by atoms with Crippen LogP contribution >= 0.6 is 0 Å². The summed E-state index contributed by atoms with van der Waals surface area (Å²) in [6, 6.07) is 1.75. The zero-order valence-electron chi connectivity index (χ0n) is 5.68. The Balaban J connectivity index is -0.000000105. The summed E-state index contributed by atoms with van der Waals surface area (Å²) in [5, 5.41) is 28.8. The van der Waals surface area contributed by atoms with Gasteiger partial charge in [-0.1, -0.05) is 0 Å². The Morgan fingerprint density at radius 3 is 1.17 bits per heavy atom. The van der Waals surface area contributed by atoms with Crippen LogP contribution in [0, 0.1) is 11.3 Å². The van der Waals surface area contributed by atoms with Crippen LogP contribution in [-0.2, 0) is 14.7 Å². The molecule has 0 aliphatic carbocycles. The van der Waals surface area contributed by atoms with Gasteiger partial charge in [-0.2, -0.15) is 5.26 Å². The number of nitriles is 1. The van der Waals surface area contributed by atoms with Crippen molar-refractivity contribution in [3.8, 4) is 6.07 Å². The summed E-state index contributed by atoms with van der Waals surface area (Å²) in [7, 11) is -2.17. The van der Waals surface area contributed by atoms with Gasteiger partial charge in [-0.25, -0.2) is 0 Å². The van der Waals surface area contributed by atoms with Crippen molar-refractivity contribution in [2.24, 2.45) is 0 Å². The van der Waals surface area contributed by atoms with E-state index in [0.29, 0.717) is 0 Å². The van der Waals surface area contributed by atoms with Crippen LogP contribution in [0.4, 0.5) is 14.2 Å². The molecule has 0 aliphatic heterocycles. The van der Waals surface area contributed by atoms with E-state index in [1.165, 1.54) is 6.92 Å². The SMILES string of the molecule is CC#N.OB(O)O.[F][Cu]([F])([F])[F]. The van der Waals surface area contributed by atoms with Crippen molar-refractivity contribution in [2.75, 3.05) is 0 Å². The van der Waals surface area contributed by atoms with Crippen LogP contribution < -0.4 is 0 Å². The molecule has 0 saturated heterocycles. The molecule has 0 aromatic carbocycles. The molecular formula is C2H6BCuF4NO3. The molecule has 4 nitrogen and oxygen atoms in total. The van der Waals surface area contributed by atoms with Gasteiger partial charge >= 0.3 is 36.2 Å². The van der Waals surface area contributed by atoms with E-state index in [2.05, 4.69) is 0 Å². The molecule has 79 valence electrons. The van der Waals surface area contributed by atoms with Crippen LogP contribution in [0.3, 0.4) is 0 Å². The second-order valence-electron chi connectivity index (χ2n) is 0.828. The fourth-order valence-electron chi connectivity index (χ4n) is 0. The molecule has 0 unspecified atom stereocenters. The molecule has 0 atom stereocenters. The molecule has 0 aromatic heterocycles. The van der Waals surface area contributed by atoms with Crippen molar-refractivity contribution in [1.29, 1.82) is 5.26 Å². The van der Waals surface area contributed by atoms with E-state index in [-0.39, 0.29) is 0 Å². The molecule has 0 heterocycles.